The summed E-state index contributed by atoms with van der Waals surface area (Å²) in [6.07, 6.45) is 3.11. The van der Waals surface area contributed by atoms with Crippen molar-refractivity contribution in [3.8, 4) is 11.1 Å². The second kappa shape index (κ2) is 7.92. The number of H-pyrrole nitrogens is 1. The summed E-state index contributed by atoms with van der Waals surface area (Å²) < 4.78 is 27.8. The fourth-order valence-corrected chi connectivity index (χ4v) is 6.33. The molecule has 5 rings (SSSR count). The number of pyridine rings is 1. The average Bonchev–Trinajstić information content (AvgIpc) is 3.47. The third-order valence-corrected chi connectivity index (χ3v) is 8.34. The Morgan fingerprint density at radius 1 is 1.00 bits per heavy atom. The summed E-state index contributed by atoms with van der Waals surface area (Å²) in [6, 6.07) is 15.2. The van der Waals surface area contributed by atoms with Crippen molar-refractivity contribution >= 4 is 38.3 Å². The van der Waals surface area contributed by atoms with Crippen LogP contribution < -0.4 is 0 Å². The van der Waals surface area contributed by atoms with Crippen molar-refractivity contribution in [2.24, 2.45) is 0 Å². The first-order chi connectivity index (χ1) is 15.1. The third-order valence-electron chi connectivity index (χ3n) is 5.50. The molecule has 9 heteroatoms. The van der Waals surface area contributed by atoms with Crippen LogP contribution in [0.4, 0.5) is 0 Å². The van der Waals surface area contributed by atoms with E-state index in [2.05, 4.69) is 9.97 Å². The summed E-state index contributed by atoms with van der Waals surface area (Å²) in [5.74, 6) is -0.0535. The Labute approximate surface area is 184 Å². The molecule has 1 amide bonds. The van der Waals surface area contributed by atoms with Crippen LogP contribution in [0.5, 0.6) is 0 Å². The number of aromatic nitrogens is 2. The average molecular weight is 453 g/mol. The van der Waals surface area contributed by atoms with Crippen LogP contribution in [-0.2, 0) is 10.0 Å². The standard InChI is InChI=1S/C22H20N4O3S2/c27-22(20-17(8-14-30-20)16-5-2-1-3-6-16)25-10-12-26(13-11-25)31(28,29)19-15-24-21-18(19)7-4-9-23-21/h1-9,14-15H,10-13H2,(H,23,24). The Morgan fingerprint density at radius 3 is 2.55 bits per heavy atom. The Morgan fingerprint density at radius 2 is 1.77 bits per heavy atom. The molecule has 4 heterocycles. The summed E-state index contributed by atoms with van der Waals surface area (Å²) in [5, 5.41) is 2.49. The highest BCUT2D eigenvalue weighted by Gasteiger charge is 2.33. The van der Waals surface area contributed by atoms with Crippen LogP contribution in [0, 0.1) is 0 Å². The van der Waals surface area contributed by atoms with E-state index in [4.69, 9.17) is 0 Å². The highest BCUT2D eigenvalue weighted by Crippen LogP contribution is 2.30. The molecule has 1 aliphatic rings. The number of carbonyl (C=O) groups is 1. The summed E-state index contributed by atoms with van der Waals surface area (Å²) >= 11 is 1.42. The number of piperazine rings is 1. The molecule has 0 saturated carbocycles. The number of aromatic amines is 1. The summed E-state index contributed by atoms with van der Waals surface area (Å²) in [7, 11) is -3.67. The number of hydrogen-bond acceptors (Lipinski definition) is 5. The lowest BCUT2D eigenvalue weighted by molar-refractivity contribution is 0.0703. The van der Waals surface area contributed by atoms with Crippen molar-refractivity contribution < 1.29 is 13.2 Å². The fourth-order valence-electron chi connectivity index (χ4n) is 3.88. The Balaban J connectivity index is 1.33. The van der Waals surface area contributed by atoms with Crippen LogP contribution in [0.3, 0.4) is 0 Å². The number of rotatable bonds is 4. The molecule has 0 unspecified atom stereocenters. The molecule has 158 valence electrons. The van der Waals surface area contributed by atoms with E-state index in [9.17, 15) is 13.2 Å². The van der Waals surface area contributed by atoms with E-state index in [-0.39, 0.29) is 23.9 Å². The number of nitrogens with zero attached hydrogens (tertiary/aromatic N) is 3. The van der Waals surface area contributed by atoms with Crippen LogP contribution in [-0.4, -0.2) is 59.7 Å². The van der Waals surface area contributed by atoms with E-state index >= 15 is 0 Å². The summed E-state index contributed by atoms with van der Waals surface area (Å²) in [5.41, 5.74) is 2.46. The maximum Gasteiger partial charge on any atom is 0.264 e. The number of thiophene rings is 1. The minimum absolute atomic E-state index is 0.0535. The molecule has 3 aromatic heterocycles. The van der Waals surface area contributed by atoms with Gasteiger partial charge in [0.2, 0.25) is 10.0 Å². The van der Waals surface area contributed by atoms with Crippen molar-refractivity contribution in [1.82, 2.24) is 19.2 Å². The third kappa shape index (κ3) is 3.54. The van der Waals surface area contributed by atoms with Gasteiger partial charge in [-0.1, -0.05) is 30.3 Å². The predicted octanol–water partition coefficient (Wildman–Crippen LogP) is 3.44. The van der Waals surface area contributed by atoms with Gasteiger partial charge in [0, 0.05) is 49.5 Å². The van der Waals surface area contributed by atoms with Gasteiger partial charge >= 0.3 is 0 Å². The zero-order valence-electron chi connectivity index (χ0n) is 16.6. The molecular formula is C22H20N4O3S2. The normalized spacial score (nSPS) is 15.4. The van der Waals surface area contributed by atoms with Crippen LogP contribution in [0.15, 0.2) is 71.2 Å². The van der Waals surface area contributed by atoms with Crippen molar-refractivity contribution in [1.29, 1.82) is 0 Å². The van der Waals surface area contributed by atoms with Gasteiger partial charge in [0.05, 0.1) is 4.88 Å². The molecule has 0 spiro atoms. The van der Waals surface area contributed by atoms with Crippen molar-refractivity contribution in [3.05, 3.63) is 71.2 Å². The van der Waals surface area contributed by atoms with Crippen LogP contribution in [0.1, 0.15) is 9.67 Å². The molecule has 0 radical (unpaired) electrons. The second-order valence-electron chi connectivity index (χ2n) is 7.28. The topological polar surface area (TPSA) is 86.4 Å². The first-order valence-corrected chi connectivity index (χ1v) is 12.2. The quantitative estimate of drug-likeness (QED) is 0.514. The van der Waals surface area contributed by atoms with Crippen LogP contribution in [0.2, 0.25) is 0 Å². The molecule has 4 aromatic rings. The highest BCUT2D eigenvalue weighted by molar-refractivity contribution is 7.89. The van der Waals surface area contributed by atoms with Gasteiger partial charge in [-0.15, -0.1) is 11.3 Å². The van der Waals surface area contributed by atoms with Gasteiger partial charge in [0.1, 0.15) is 10.5 Å². The van der Waals surface area contributed by atoms with Gasteiger partial charge in [-0.3, -0.25) is 4.79 Å². The molecule has 1 aromatic carbocycles. The van der Waals surface area contributed by atoms with E-state index in [0.717, 1.165) is 11.1 Å². The molecule has 0 aliphatic carbocycles. The molecule has 31 heavy (non-hydrogen) atoms. The fraction of sp³-hybridized carbons (Fsp3) is 0.182. The number of carbonyl (C=O) groups excluding carboxylic acids is 1. The monoisotopic (exact) mass is 452 g/mol. The second-order valence-corrected chi connectivity index (χ2v) is 10.1. The smallest absolute Gasteiger partial charge is 0.264 e. The van der Waals surface area contributed by atoms with Crippen molar-refractivity contribution in [2.45, 2.75) is 4.90 Å². The van der Waals surface area contributed by atoms with Gasteiger partial charge in [-0.25, -0.2) is 13.4 Å². The van der Waals surface area contributed by atoms with Gasteiger partial charge in [0.25, 0.3) is 5.91 Å². The lowest BCUT2D eigenvalue weighted by atomic mass is 10.1. The van der Waals surface area contributed by atoms with Crippen molar-refractivity contribution in [2.75, 3.05) is 26.2 Å². The molecule has 1 fully saturated rings. The number of nitrogens with one attached hydrogen (secondary N) is 1. The lowest BCUT2D eigenvalue weighted by Crippen LogP contribution is -2.50. The molecule has 0 atom stereocenters. The van der Waals surface area contributed by atoms with E-state index in [1.165, 1.54) is 21.8 Å². The highest BCUT2D eigenvalue weighted by atomic mass is 32.2. The van der Waals surface area contributed by atoms with Gasteiger partial charge in [0.15, 0.2) is 0 Å². The van der Waals surface area contributed by atoms with Crippen molar-refractivity contribution in [3.63, 3.8) is 0 Å². The van der Waals surface area contributed by atoms with E-state index in [1.807, 2.05) is 41.8 Å². The SMILES string of the molecule is O=C(c1sccc1-c1ccccc1)N1CCN(S(=O)(=O)c2c[nH]c3ncccc23)CC1. The minimum atomic E-state index is -3.67. The largest absolute Gasteiger partial charge is 0.345 e. The molecular weight excluding hydrogens is 432 g/mol. The molecule has 0 bridgehead atoms. The maximum atomic E-state index is 13.2. The number of amides is 1. The molecule has 7 nitrogen and oxygen atoms in total. The van der Waals surface area contributed by atoms with Gasteiger partial charge in [-0.05, 0) is 29.1 Å². The van der Waals surface area contributed by atoms with E-state index < -0.39 is 10.0 Å². The lowest BCUT2D eigenvalue weighted by Gasteiger charge is -2.33. The molecule has 1 aliphatic heterocycles. The van der Waals surface area contributed by atoms with Crippen LogP contribution >= 0.6 is 11.3 Å². The first-order valence-electron chi connectivity index (χ1n) is 9.90. The van der Waals surface area contributed by atoms with E-state index in [1.54, 1.807) is 23.2 Å². The number of benzene rings is 1. The van der Waals surface area contributed by atoms with E-state index in [0.29, 0.717) is 29.0 Å². The Hall–Kier alpha value is -3.01. The molecule has 1 N–H and O–H groups in total. The number of hydrogen-bond donors (Lipinski definition) is 1. The predicted molar refractivity (Wildman–Crippen MR) is 121 cm³/mol. The molecule has 1 saturated heterocycles. The number of sulfonamides is 1. The van der Waals surface area contributed by atoms with Gasteiger partial charge < -0.3 is 9.88 Å². The van der Waals surface area contributed by atoms with Crippen LogP contribution in [0.25, 0.3) is 22.2 Å². The minimum Gasteiger partial charge on any atom is -0.345 e. The first kappa shape index (κ1) is 19.9. The van der Waals surface area contributed by atoms with Gasteiger partial charge in [-0.2, -0.15) is 4.31 Å². The zero-order chi connectivity index (χ0) is 21.4. The Kier molecular flexibility index (Phi) is 5.09. The number of fused-ring (bicyclic) bond motifs is 1. The zero-order valence-corrected chi connectivity index (χ0v) is 18.2. The summed E-state index contributed by atoms with van der Waals surface area (Å²) in [6.45, 7) is 1.22. The Bertz CT molecular complexity index is 1340. The maximum absolute atomic E-state index is 13.2. The summed E-state index contributed by atoms with van der Waals surface area (Å²) in [4.78, 5) is 22.9.